The van der Waals surface area contributed by atoms with Gasteiger partial charge in [-0.25, -0.2) is 4.98 Å². The zero-order valence-electron chi connectivity index (χ0n) is 7.55. The van der Waals surface area contributed by atoms with Crippen LogP contribution in [0.1, 0.15) is 0 Å². The van der Waals surface area contributed by atoms with Crippen LogP contribution in [-0.4, -0.2) is 28.4 Å². The number of thioether (sulfide) groups is 1. The lowest BCUT2D eigenvalue weighted by Crippen LogP contribution is -2.30. The van der Waals surface area contributed by atoms with E-state index >= 15 is 0 Å². The van der Waals surface area contributed by atoms with Crippen molar-refractivity contribution in [3.63, 3.8) is 0 Å². The van der Waals surface area contributed by atoms with Crippen LogP contribution in [-0.2, 0) is 4.74 Å². The molecule has 0 spiro atoms. The second-order valence-electron chi connectivity index (χ2n) is 3.01. The van der Waals surface area contributed by atoms with Crippen LogP contribution >= 0.6 is 27.7 Å². The summed E-state index contributed by atoms with van der Waals surface area (Å²) >= 11 is 4.56. The highest BCUT2D eigenvalue weighted by molar-refractivity contribution is 9.10. The average molecular weight is 291 g/mol. The lowest BCUT2D eigenvalue weighted by molar-refractivity contribution is -0.388. The molecule has 2 rings (SSSR count). The average Bonchev–Trinajstić information content (AvgIpc) is 2.12. The van der Waals surface area contributed by atoms with Gasteiger partial charge < -0.3 is 4.74 Å². The maximum atomic E-state index is 10.8. The summed E-state index contributed by atoms with van der Waals surface area (Å²) in [6.45, 7) is 1.28. The van der Waals surface area contributed by atoms with Gasteiger partial charge in [-0.3, -0.25) is 10.1 Å². The van der Waals surface area contributed by atoms with E-state index in [-0.39, 0.29) is 10.9 Å². The lowest BCUT2D eigenvalue weighted by atomic mass is 10.4. The Morgan fingerprint density at radius 3 is 2.93 bits per heavy atom. The summed E-state index contributed by atoms with van der Waals surface area (Å²) < 4.78 is 5.62. The number of aromatic nitrogens is 1. The van der Waals surface area contributed by atoms with Crippen molar-refractivity contribution in [2.45, 2.75) is 10.3 Å². The Bertz CT molecular complexity index is 397. The molecule has 5 nitrogen and oxygen atoms in total. The third-order valence-corrected chi connectivity index (χ3v) is 3.46. The molecule has 1 fully saturated rings. The van der Waals surface area contributed by atoms with Crippen LogP contribution < -0.4 is 0 Å². The van der Waals surface area contributed by atoms with E-state index in [1.54, 1.807) is 6.20 Å². The SMILES string of the molecule is O=[N+]([O-])c1cc(Br)cnc1SC1COC1. The van der Waals surface area contributed by atoms with Crippen LogP contribution in [0.15, 0.2) is 21.8 Å². The number of rotatable bonds is 3. The highest BCUT2D eigenvalue weighted by Gasteiger charge is 2.25. The van der Waals surface area contributed by atoms with Crippen molar-refractivity contribution in [2.75, 3.05) is 13.2 Å². The highest BCUT2D eigenvalue weighted by Crippen LogP contribution is 2.34. The van der Waals surface area contributed by atoms with Crippen LogP contribution in [0.4, 0.5) is 5.69 Å². The molecule has 0 N–H and O–H groups in total. The van der Waals surface area contributed by atoms with Crippen LogP contribution in [0.25, 0.3) is 0 Å². The summed E-state index contributed by atoms with van der Waals surface area (Å²) in [5.41, 5.74) is 0.0428. The molecule has 1 aromatic rings. The van der Waals surface area contributed by atoms with E-state index in [9.17, 15) is 10.1 Å². The van der Waals surface area contributed by atoms with Crippen molar-refractivity contribution in [1.29, 1.82) is 0 Å². The first-order valence-electron chi connectivity index (χ1n) is 4.21. The fourth-order valence-electron chi connectivity index (χ4n) is 1.08. The van der Waals surface area contributed by atoms with Crippen LogP contribution in [0.2, 0.25) is 0 Å². The summed E-state index contributed by atoms with van der Waals surface area (Å²) in [7, 11) is 0. The number of ether oxygens (including phenoxy) is 1. The number of halogens is 1. The molecule has 15 heavy (non-hydrogen) atoms. The third-order valence-electron chi connectivity index (χ3n) is 1.88. The molecule has 0 saturated carbocycles. The molecule has 0 unspecified atom stereocenters. The zero-order valence-corrected chi connectivity index (χ0v) is 9.95. The maximum absolute atomic E-state index is 10.8. The van der Waals surface area contributed by atoms with Gasteiger partial charge in [-0.15, -0.1) is 0 Å². The summed E-state index contributed by atoms with van der Waals surface area (Å²) in [6.07, 6.45) is 1.56. The number of pyridine rings is 1. The van der Waals surface area contributed by atoms with Crippen LogP contribution in [0.5, 0.6) is 0 Å². The van der Waals surface area contributed by atoms with E-state index in [0.717, 1.165) is 0 Å². The Labute approximate surface area is 98.5 Å². The van der Waals surface area contributed by atoms with Gasteiger partial charge >= 0.3 is 5.69 Å². The molecule has 0 atom stereocenters. The number of hydrogen-bond donors (Lipinski definition) is 0. The largest absolute Gasteiger partial charge is 0.379 e. The summed E-state index contributed by atoms with van der Waals surface area (Å²) in [6, 6.07) is 1.47. The van der Waals surface area contributed by atoms with Gasteiger partial charge in [-0.05, 0) is 15.9 Å². The van der Waals surface area contributed by atoms with Gasteiger partial charge in [0.25, 0.3) is 0 Å². The van der Waals surface area contributed by atoms with Crippen molar-refractivity contribution in [2.24, 2.45) is 0 Å². The fraction of sp³-hybridized carbons (Fsp3) is 0.375. The van der Waals surface area contributed by atoms with Crippen molar-refractivity contribution in [3.05, 3.63) is 26.9 Å². The molecular formula is C8H7BrN2O3S. The number of nitrogens with zero attached hydrogens (tertiary/aromatic N) is 2. The first-order chi connectivity index (χ1) is 7.16. The number of hydrogen-bond acceptors (Lipinski definition) is 5. The summed E-state index contributed by atoms with van der Waals surface area (Å²) in [4.78, 5) is 14.4. The fourth-order valence-corrected chi connectivity index (χ4v) is 2.41. The van der Waals surface area contributed by atoms with Crippen LogP contribution in [0, 0.1) is 10.1 Å². The maximum Gasteiger partial charge on any atom is 0.302 e. The number of nitro groups is 1. The Kier molecular flexibility index (Phi) is 3.22. The Balaban J connectivity index is 2.23. The predicted molar refractivity (Wildman–Crippen MR) is 59.1 cm³/mol. The van der Waals surface area contributed by atoms with E-state index < -0.39 is 4.92 Å². The van der Waals surface area contributed by atoms with E-state index in [1.807, 2.05) is 0 Å². The molecule has 0 aliphatic carbocycles. The van der Waals surface area contributed by atoms with Gasteiger partial charge in [-0.1, -0.05) is 11.8 Å². The second kappa shape index (κ2) is 4.46. The minimum absolute atomic E-state index is 0.0428. The van der Waals surface area contributed by atoms with E-state index in [2.05, 4.69) is 20.9 Å². The summed E-state index contributed by atoms with van der Waals surface area (Å²) in [5.74, 6) is 0. The molecule has 1 aliphatic heterocycles. The standard InChI is InChI=1S/C8H7BrN2O3S/c9-5-1-7(11(12)13)8(10-2-5)15-6-3-14-4-6/h1-2,6H,3-4H2. The Morgan fingerprint density at radius 1 is 1.67 bits per heavy atom. The van der Waals surface area contributed by atoms with E-state index in [4.69, 9.17) is 4.74 Å². The first-order valence-corrected chi connectivity index (χ1v) is 5.88. The topological polar surface area (TPSA) is 65.3 Å². The molecule has 1 aromatic heterocycles. The lowest BCUT2D eigenvalue weighted by Gasteiger charge is -2.24. The molecule has 80 valence electrons. The van der Waals surface area contributed by atoms with Gasteiger partial charge in [0.1, 0.15) is 0 Å². The molecule has 1 aliphatic rings. The minimum Gasteiger partial charge on any atom is -0.379 e. The molecule has 0 radical (unpaired) electrons. The van der Waals surface area contributed by atoms with Crippen molar-refractivity contribution >= 4 is 33.4 Å². The van der Waals surface area contributed by atoms with Gasteiger partial charge in [0.2, 0.25) is 0 Å². The molecule has 0 amide bonds. The highest BCUT2D eigenvalue weighted by atomic mass is 79.9. The molecule has 1 saturated heterocycles. The Hall–Kier alpha value is -0.660. The van der Waals surface area contributed by atoms with Gasteiger partial charge in [0.15, 0.2) is 5.03 Å². The third kappa shape index (κ3) is 2.47. The second-order valence-corrected chi connectivity index (χ2v) is 5.22. The predicted octanol–water partition coefficient (Wildman–Crippen LogP) is 2.24. The zero-order chi connectivity index (χ0) is 10.8. The first kappa shape index (κ1) is 10.8. The Morgan fingerprint density at radius 2 is 2.40 bits per heavy atom. The van der Waals surface area contributed by atoms with Crippen LogP contribution in [0.3, 0.4) is 0 Å². The van der Waals surface area contributed by atoms with E-state index in [1.165, 1.54) is 17.8 Å². The molecule has 2 heterocycles. The van der Waals surface area contributed by atoms with Gasteiger partial charge in [0, 0.05) is 16.7 Å². The molecule has 0 aromatic carbocycles. The molecular weight excluding hydrogens is 284 g/mol. The van der Waals surface area contributed by atoms with E-state index in [0.29, 0.717) is 22.7 Å². The molecule has 0 bridgehead atoms. The van der Waals surface area contributed by atoms with Crippen molar-refractivity contribution < 1.29 is 9.66 Å². The van der Waals surface area contributed by atoms with Gasteiger partial charge in [-0.2, -0.15) is 0 Å². The van der Waals surface area contributed by atoms with Crippen molar-refractivity contribution in [1.82, 2.24) is 4.98 Å². The quantitative estimate of drug-likeness (QED) is 0.631. The molecule has 7 heteroatoms. The van der Waals surface area contributed by atoms with Crippen molar-refractivity contribution in [3.8, 4) is 0 Å². The smallest absolute Gasteiger partial charge is 0.302 e. The monoisotopic (exact) mass is 290 g/mol. The minimum atomic E-state index is -0.417. The normalized spacial score (nSPS) is 16.1. The van der Waals surface area contributed by atoms with Gasteiger partial charge in [0.05, 0.1) is 23.4 Å². The summed E-state index contributed by atoms with van der Waals surface area (Å²) in [5, 5.41) is 11.5.